The van der Waals surface area contributed by atoms with Crippen LogP contribution in [0.25, 0.3) is 0 Å². The quantitative estimate of drug-likeness (QED) is 0.841. The van der Waals surface area contributed by atoms with Crippen molar-refractivity contribution in [1.29, 1.82) is 0 Å². The fourth-order valence-electron chi connectivity index (χ4n) is 2.28. The van der Waals surface area contributed by atoms with Crippen molar-refractivity contribution in [1.82, 2.24) is 5.32 Å². The Morgan fingerprint density at radius 3 is 2.29 bits per heavy atom. The maximum atomic E-state index is 12.2. The van der Waals surface area contributed by atoms with Crippen molar-refractivity contribution >= 4 is 25.6 Å². The largest absolute Gasteiger partial charge is 0.350 e. The number of amides is 1. The highest BCUT2D eigenvalue weighted by Gasteiger charge is 2.19. The third-order valence-corrected chi connectivity index (χ3v) is 4.80. The summed E-state index contributed by atoms with van der Waals surface area (Å²) >= 11 is 0. The number of carbonyl (C=O) groups excluding carboxylic acids is 1. The van der Waals surface area contributed by atoms with E-state index in [-0.39, 0.29) is 16.8 Å². The summed E-state index contributed by atoms with van der Waals surface area (Å²) in [4.78, 5) is 12.2. The summed E-state index contributed by atoms with van der Waals surface area (Å²) in [6.45, 7) is 9.52. The summed E-state index contributed by atoms with van der Waals surface area (Å²) < 4.78 is 23.2. The molecule has 0 radical (unpaired) electrons. The molecular weight excluding hydrogens is 310 g/mol. The molecule has 1 rings (SSSR count). The van der Waals surface area contributed by atoms with Crippen LogP contribution < -0.4 is 5.32 Å². The first kappa shape index (κ1) is 18.0. The van der Waals surface area contributed by atoms with Crippen molar-refractivity contribution in [2.24, 2.45) is 5.92 Å². The van der Waals surface area contributed by atoms with Crippen LogP contribution in [-0.4, -0.2) is 20.4 Å². The molecule has 6 heteroatoms. The highest BCUT2D eigenvalue weighted by atomic mass is 35.7. The second kappa shape index (κ2) is 6.79. The summed E-state index contributed by atoms with van der Waals surface area (Å²) in [6.07, 6.45) is 0.858. The van der Waals surface area contributed by atoms with Gasteiger partial charge in [-0.25, -0.2) is 8.42 Å². The predicted octanol–water partition coefficient (Wildman–Crippen LogP) is 3.40. The zero-order valence-electron chi connectivity index (χ0n) is 13.0. The van der Waals surface area contributed by atoms with Crippen molar-refractivity contribution in [3.05, 3.63) is 28.8 Å². The first-order valence-corrected chi connectivity index (χ1v) is 9.20. The van der Waals surface area contributed by atoms with Crippen molar-refractivity contribution in [3.8, 4) is 0 Å². The van der Waals surface area contributed by atoms with Gasteiger partial charge in [0.1, 0.15) is 0 Å². The molecule has 1 N–H and O–H groups in total. The van der Waals surface area contributed by atoms with E-state index in [1.54, 1.807) is 19.9 Å². The maximum Gasteiger partial charge on any atom is 0.261 e. The normalized spacial score (nSPS) is 13.3. The Morgan fingerprint density at radius 2 is 1.81 bits per heavy atom. The highest BCUT2D eigenvalue weighted by molar-refractivity contribution is 8.13. The second-order valence-corrected chi connectivity index (χ2v) is 8.39. The number of aryl methyl sites for hydroxylation is 1. The van der Waals surface area contributed by atoms with Gasteiger partial charge in [0.25, 0.3) is 15.0 Å². The van der Waals surface area contributed by atoms with Gasteiger partial charge in [0, 0.05) is 22.3 Å². The van der Waals surface area contributed by atoms with Crippen LogP contribution in [0.1, 0.15) is 48.7 Å². The Hall–Kier alpha value is -1.07. The average molecular weight is 332 g/mol. The Kier molecular flexibility index (Phi) is 5.82. The number of nitrogens with one attached hydrogen (secondary N) is 1. The molecule has 1 aromatic rings. The maximum absolute atomic E-state index is 12.2. The van der Waals surface area contributed by atoms with E-state index >= 15 is 0 Å². The van der Waals surface area contributed by atoms with E-state index in [2.05, 4.69) is 19.2 Å². The molecule has 0 aliphatic rings. The summed E-state index contributed by atoms with van der Waals surface area (Å²) in [7, 11) is 1.56. The van der Waals surface area contributed by atoms with Gasteiger partial charge in [0.2, 0.25) is 0 Å². The number of benzene rings is 1. The Morgan fingerprint density at radius 1 is 1.24 bits per heavy atom. The van der Waals surface area contributed by atoms with Crippen LogP contribution in [-0.2, 0) is 9.05 Å². The van der Waals surface area contributed by atoms with Crippen LogP contribution in [0.3, 0.4) is 0 Å². The Bertz CT molecular complexity index is 639. The summed E-state index contributed by atoms with van der Waals surface area (Å²) in [5, 5.41) is 2.88. The lowest BCUT2D eigenvalue weighted by Gasteiger charge is -2.17. The smallest absolute Gasteiger partial charge is 0.261 e. The SMILES string of the molecule is Cc1cc(C(=O)NC(C)CC(C)C)cc(S(=O)(=O)Cl)c1C. The van der Waals surface area contributed by atoms with Gasteiger partial charge in [-0.15, -0.1) is 0 Å². The molecule has 118 valence electrons. The van der Waals surface area contributed by atoms with Crippen LogP contribution in [0.4, 0.5) is 0 Å². The van der Waals surface area contributed by atoms with Crippen molar-refractivity contribution < 1.29 is 13.2 Å². The van der Waals surface area contributed by atoms with E-state index in [0.717, 1.165) is 12.0 Å². The molecular formula is C15H22ClNO3S. The lowest BCUT2D eigenvalue weighted by molar-refractivity contribution is 0.0936. The average Bonchev–Trinajstić information content (AvgIpc) is 2.29. The molecule has 21 heavy (non-hydrogen) atoms. The van der Waals surface area contributed by atoms with Crippen LogP contribution in [0, 0.1) is 19.8 Å². The van der Waals surface area contributed by atoms with Crippen LogP contribution in [0.5, 0.6) is 0 Å². The van der Waals surface area contributed by atoms with Gasteiger partial charge in [-0.2, -0.15) is 0 Å². The van der Waals surface area contributed by atoms with E-state index in [9.17, 15) is 13.2 Å². The fourth-order valence-corrected chi connectivity index (χ4v) is 3.56. The van der Waals surface area contributed by atoms with Gasteiger partial charge in [0.05, 0.1) is 4.90 Å². The molecule has 0 saturated carbocycles. The zero-order chi connectivity index (χ0) is 16.4. The van der Waals surface area contributed by atoms with Gasteiger partial charge in [0.15, 0.2) is 0 Å². The molecule has 0 aromatic heterocycles. The van der Waals surface area contributed by atoms with Gasteiger partial charge < -0.3 is 5.32 Å². The minimum atomic E-state index is -3.87. The van der Waals surface area contributed by atoms with Gasteiger partial charge in [-0.05, 0) is 56.4 Å². The minimum Gasteiger partial charge on any atom is -0.350 e. The molecule has 4 nitrogen and oxygen atoms in total. The third kappa shape index (κ3) is 5.00. The van der Waals surface area contributed by atoms with Crippen LogP contribution >= 0.6 is 10.7 Å². The molecule has 0 aliphatic heterocycles. The van der Waals surface area contributed by atoms with Gasteiger partial charge in [-0.1, -0.05) is 13.8 Å². The van der Waals surface area contributed by atoms with Crippen LogP contribution in [0.15, 0.2) is 17.0 Å². The first-order chi connectivity index (χ1) is 9.52. The molecule has 0 spiro atoms. The molecule has 0 bridgehead atoms. The lowest BCUT2D eigenvalue weighted by atomic mass is 10.0. The molecule has 1 unspecified atom stereocenters. The monoisotopic (exact) mass is 331 g/mol. The number of carbonyl (C=O) groups is 1. The van der Waals surface area contributed by atoms with E-state index in [0.29, 0.717) is 17.0 Å². The summed E-state index contributed by atoms with van der Waals surface area (Å²) in [5.41, 5.74) is 1.60. The summed E-state index contributed by atoms with van der Waals surface area (Å²) in [5.74, 6) is 0.187. The number of hydrogen-bond acceptors (Lipinski definition) is 3. The number of halogens is 1. The third-order valence-electron chi connectivity index (χ3n) is 3.35. The van der Waals surface area contributed by atoms with Crippen molar-refractivity contribution in [2.75, 3.05) is 0 Å². The Balaban J connectivity index is 3.09. The molecule has 1 amide bonds. The van der Waals surface area contributed by atoms with Crippen molar-refractivity contribution in [3.63, 3.8) is 0 Å². The topological polar surface area (TPSA) is 63.2 Å². The van der Waals surface area contributed by atoms with E-state index in [1.807, 2.05) is 6.92 Å². The standard InChI is InChI=1S/C15H22ClNO3S/c1-9(2)6-11(4)17-15(18)13-7-10(3)12(5)14(8-13)21(16,19)20/h7-9,11H,6H2,1-5H3,(H,17,18). The fraction of sp³-hybridized carbons (Fsp3) is 0.533. The van der Waals surface area contributed by atoms with Gasteiger partial charge >= 0.3 is 0 Å². The summed E-state index contributed by atoms with van der Waals surface area (Å²) in [6, 6.07) is 3.04. The van der Waals surface area contributed by atoms with Crippen molar-refractivity contribution in [2.45, 2.75) is 52.0 Å². The molecule has 0 saturated heterocycles. The second-order valence-electron chi connectivity index (χ2n) is 5.86. The molecule has 0 fully saturated rings. The van der Waals surface area contributed by atoms with E-state index in [4.69, 9.17) is 10.7 Å². The molecule has 0 aliphatic carbocycles. The van der Waals surface area contributed by atoms with E-state index < -0.39 is 9.05 Å². The zero-order valence-corrected chi connectivity index (χ0v) is 14.6. The highest BCUT2D eigenvalue weighted by Crippen LogP contribution is 2.24. The molecule has 1 aromatic carbocycles. The number of hydrogen-bond donors (Lipinski definition) is 1. The minimum absolute atomic E-state index is 0.00849. The predicted molar refractivity (Wildman–Crippen MR) is 85.3 cm³/mol. The number of rotatable bonds is 5. The van der Waals surface area contributed by atoms with Crippen LogP contribution in [0.2, 0.25) is 0 Å². The lowest BCUT2D eigenvalue weighted by Crippen LogP contribution is -2.33. The molecule has 0 heterocycles. The van der Waals surface area contributed by atoms with E-state index in [1.165, 1.54) is 6.07 Å². The Labute approximate surface area is 131 Å². The van der Waals surface area contributed by atoms with Gasteiger partial charge in [-0.3, -0.25) is 4.79 Å². The molecule has 1 atom stereocenters. The first-order valence-electron chi connectivity index (χ1n) is 6.89.